The Bertz CT molecular complexity index is 468. The summed E-state index contributed by atoms with van der Waals surface area (Å²) in [5, 5.41) is 0. The van der Waals surface area contributed by atoms with E-state index in [1.54, 1.807) is 0 Å². The first-order chi connectivity index (χ1) is 11.4. The molecule has 0 fully saturated rings. The lowest BCUT2D eigenvalue weighted by Gasteiger charge is -2.28. The van der Waals surface area contributed by atoms with E-state index in [-0.39, 0.29) is 5.41 Å². The first-order valence-corrected chi connectivity index (χ1v) is 10.2. The Balaban J connectivity index is 2.89. The third kappa shape index (κ3) is 6.87. The first kappa shape index (κ1) is 21.1. The van der Waals surface area contributed by atoms with Gasteiger partial charge in [-0.05, 0) is 48.8 Å². The maximum absolute atomic E-state index is 6.23. The summed E-state index contributed by atoms with van der Waals surface area (Å²) in [6.07, 6.45) is 11.5. The number of rotatable bonds is 11. The molecule has 0 bridgehead atoms. The van der Waals surface area contributed by atoms with Gasteiger partial charge in [-0.25, -0.2) is 0 Å². The number of hydrogen-bond donors (Lipinski definition) is 0. The molecule has 0 atom stereocenters. The lowest BCUT2D eigenvalue weighted by atomic mass is 9.80. The standard InChI is InChI=1S/C23H40O/c1-7-9-11-13-15-20-19(3)16-17-21(22(20)23(4,5)6)24-18-14-12-10-8-2/h16-17H,7-15,18H2,1-6H3. The van der Waals surface area contributed by atoms with Crippen LogP contribution in [0.25, 0.3) is 0 Å². The normalized spacial score (nSPS) is 11.8. The summed E-state index contributed by atoms with van der Waals surface area (Å²) in [4.78, 5) is 0. The number of ether oxygens (including phenoxy) is 1. The van der Waals surface area contributed by atoms with Crippen molar-refractivity contribution < 1.29 is 4.74 Å². The van der Waals surface area contributed by atoms with Gasteiger partial charge in [0.15, 0.2) is 0 Å². The summed E-state index contributed by atoms with van der Waals surface area (Å²) in [6.45, 7) is 14.6. The zero-order valence-electron chi connectivity index (χ0n) is 17.1. The van der Waals surface area contributed by atoms with Gasteiger partial charge in [0, 0.05) is 5.56 Å². The van der Waals surface area contributed by atoms with E-state index in [1.807, 2.05) is 0 Å². The number of unbranched alkanes of at least 4 members (excludes halogenated alkanes) is 6. The van der Waals surface area contributed by atoms with Gasteiger partial charge in [0.2, 0.25) is 0 Å². The number of benzene rings is 1. The highest BCUT2D eigenvalue weighted by molar-refractivity contribution is 5.48. The van der Waals surface area contributed by atoms with Crippen LogP contribution in [0.3, 0.4) is 0 Å². The summed E-state index contributed by atoms with van der Waals surface area (Å²) in [5.41, 5.74) is 4.53. The molecule has 0 spiro atoms. The monoisotopic (exact) mass is 332 g/mol. The van der Waals surface area contributed by atoms with Crippen LogP contribution in [-0.4, -0.2) is 6.61 Å². The molecule has 0 heterocycles. The molecule has 138 valence electrons. The Kier molecular flexibility index (Phi) is 9.48. The minimum absolute atomic E-state index is 0.130. The van der Waals surface area contributed by atoms with Crippen LogP contribution < -0.4 is 4.74 Å². The molecule has 0 saturated carbocycles. The van der Waals surface area contributed by atoms with Crippen LogP contribution in [0.5, 0.6) is 5.75 Å². The van der Waals surface area contributed by atoms with Gasteiger partial charge < -0.3 is 4.74 Å². The third-order valence-corrected chi connectivity index (χ3v) is 4.79. The van der Waals surface area contributed by atoms with Gasteiger partial charge >= 0.3 is 0 Å². The van der Waals surface area contributed by atoms with E-state index in [2.05, 4.69) is 53.7 Å². The van der Waals surface area contributed by atoms with E-state index in [0.717, 1.165) is 18.8 Å². The summed E-state index contributed by atoms with van der Waals surface area (Å²) in [7, 11) is 0. The van der Waals surface area contributed by atoms with E-state index in [4.69, 9.17) is 4.74 Å². The fraction of sp³-hybridized carbons (Fsp3) is 0.739. The molecule has 0 aromatic heterocycles. The van der Waals surface area contributed by atoms with Crippen molar-refractivity contribution in [3.63, 3.8) is 0 Å². The molecular weight excluding hydrogens is 292 g/mol. The maximum atomic E-state index is 6.23. The van der Waals surface area contributed by atoms with Gasteiger partial charge in [-0.2, -0.15) is 0 Å². The van der Waals surface area contributed by atoms with Crippen LogP contribution in [0.1, 0.15) is 103 Å². The molecule has 0 amide bonds. The van der Waals surface area contributed by atoms with Crippen LogP contribution >= 0.6 is 0 Å². The van der Waals surface area contributed by atoms with Crippen molar-refractivity contribution in [2.75, 3.05) is 6.61 Å². The Morgan fingerprint density at radius 2 is 1.46 bits per heavy atom. The predicted octanol–water partition coefficient (Wildman–Crippen LogP) is 7.37. The van der Waals surface area contributed by atoms with Crippen molar-refractivity contribution in [2.24, 2.45) is 0 Å². The summed E-state index contributed by atoms with van der Waals surface area (Å²) in [6, 6.07) is 4.46. The zero-order chi connectivity index (χ0) is 18.0. The molecule has 0 N–H and O–H groups in total. The van der Waals surface area contributed by atoms with E-state index in [0.29, 0.717) is 0 Å². The third-order valence-electron chi connectivity index (χ3n) is 4.79. The quantitative estimate of drug-likeness (QED) is 0.384. The average Bonchev–Trinajstić information content (AvgIpc) is 2.52. The van der Waals surface area contributed by atoms with Crippen molar-refractivity contribution in [2.45, 2.75) is 105 Å². The molecule has 1 aromatic carbocycles. The first-order valence-electron chi connectivity index (χ1n) is 10.2. The molecular formula is C23H40O. The van der Waals surface area contributed by atoms with Gasteiger partial charge in [-0.15, -0.1) is 0 Å². The summed E-state index contributed by atoms with van der Waals surface area (Å²) in [5.74, 6) is 1.12. The van der Waals surface area contributed by atoms with Gasteiger partial charge in [-0.1, -0.05) is 79.2 Å². The Labute approximate surface area is 151 Å². The molecule has 1 nitrogen and oxygen atoms in total. The molecule has 1 heteroatoms. The fourth-order valence-electron chi connectivity index (χ4n) is 3.43. The van der Waals surface area contributed by atoms with E-state index < -0.39 is 0 Å². The van der Waals surface area contributed by atoms with Crippen molar-refractivity contribution in [3.05, 3.63) is 28.8 Å². The van der Waals surface area contributed by atoms with Crippen LogP contribution in [0.4, 0.5) is 0 Å². The SMILES string of the molecule is CCCCCCOc1ccc(C)c(CCCCCC)c1C(C)(C)C. The zero-order valence-corrected chi connectivity index (χ0v) is 17.1. The van der Waals surface area contributed by atoms with Crippen molar-refractivity contribution >= 4 is 0 Å². The second-order valence-electron chi connectivity index (χ2n) is 8.20. The molecule has 1 aromatic rings. The van der Waals surface area contributed by atoms with Crippen LogP contribution in [0.2, 0.25) is 0 Å². The minimum atomic E-state index is 0.130. The van der Waals surface area contributed by atoms with Crippen molar-refractivity contribution in [1.29, 1.82) is 0 Å². The molecule has 24 heavy (non-hydrogen) atoms. The highest BCUT2D eigenvalue weighted by Gasteiger charge is 2.24. The highest BCUT2D eigenvalue weighted by atomic mass is 16.5. The largest absolute Gasteiger partial charge is 0.493 e. The van der Waals surface area contributed by atoms with Crippen molar-refractivity contribution in [1.82, 2.24) is 0 Å². The lowest BCUT2D eigenvalue weighted by molar-refractivity contribution is 0.296. The molecule has 0 radical (unpaired) electrons. The molecule has 0 aliphatic rings. The van der Waals surface area contributed by atoms with Crippen molar-refractivity contribution in [3.8, 4) is 5.75 Å². The minimum Gasteiger partial charge on any atom is -0.493 e. The number of hydrogen-bond acceptors (Lipinski definition) is 1. The Hall–Kier alpha value is -0.980. The number of aryl methyl sites for hydroxylation is 1. The average molecular weight is 333 g/mol. The Morgan fingerprint density at radius 1 is 0.833 bits per heavy atom. The highest BCUT2D eigenvalue weighted by Crippen LogP contribution is 2.37. The maximum Gasteiger partial charge on any atom is 0.123 e. The topological polar surface area (TPSA) is 9.23 Å². The van der Waals surface area contributed by atoms with Gasteiger partial charge in [0.05, 0.1) is 6.61 Å². The van der Waals surface area contributed by atoms with Crippen LogP contribution in [0, 0.1) is 6.92 Å². The van der Waals surface area contributed by atoms with E-state index in [1.165, 1.54) is 68.1 Å². The second kappa shape index (κ2) is 10.8. The summed E-state index contributed by atoms with van der Waals surface area (Å²) < 4.78 is 6.23. The van der Waals surface area contributed by atoms with Gasteiger partial charge in [0.25, 0.3) is 0 Å². The predicted molar refractivity (Wildman–Crippen MR) is 107 cm³/mol. The second-order valence-corrected chi connectivity index (χ2v) is 8.20. The van der Waals surface area contributed by atoms with Crippen LogP contribution in [0.15, 0.2) is 12.1 Å². The molecule has 0 saturated heterocycles. The smallest absolute Gasteiger partial charge is 0.123 e. The van der Waals surface area contributed by atoms with Gasteiger partial charge in [-0.3, -0.25) is 0 Å². The van der Waals surface area contributed by atoms with Crippen LogP contribution in [-0.2, 0) is 11.8 Å². The van der Waals surface area contributed by atoms with E-state index >= 15 is 0 Å². The van der Waals surface area contributed by atoms with Gasteiger partial charge in [0.1, 0.15) is 5.75 Å². The molecule has 0 aliphatic heterocycles. The Morgan fingerprint density at radius 3 is 2.04 bits per heavy atom. The lowest BCUT2D eigenvalue weighted by Crippen LogP contribution is -2.18. The summed E-state index contributed by atoms with van der Waals surface area (Å²) >= 11 is 0. The van der Waals surface area contributed by atoms with E-state index in [9.17, 15) is 0 Å². The molecule has 0 unspecified atom stereocenters. The fourth-order valence-corrected chi connectivity index (χ4v) is 3.43. The molecule has 0 aliphatic carbocycles. The molecule has 1 rings (SSSR count).